The molecular weight excluding hydrogens is 192 g/mol. The molecule has 15 heavy (non-hydrogen) atoms. The highest BCUT2D eigenvalue weighted by molar-refractivity contribution is 5.12. The maximum atomic E-state index is 9.82. The third-order valence-electron chi connectivity index (χ3n) is 2.76. The Kier molecular flexibility index (Phi) is 3.16. The van der Waals surface area contributed by atoms with Gasteiger partial charge in [0.25, 0.3) is 0 Å². The molecule has 0 saturated heterocycles. The van der Waals surface area contributed by atoms with E-state index < -0.39 is 6.10 Å². The number of rotatable bonds is 5. The van der Waals surface area contributed by atoms with E-state index in [4.69, 9.17) is 4.74 Å². The molecule has 0 aliphatic heterocycles. The van der Waals surface area contributed by atoms with Crippen molar-refractivity contribution in [3.8, 4) is 5.88 Å². The lowest BCUT2D eigenvalue weighted by molar-refractivity contribution is 0.156. The molecule has 1 unspecified atom stereocenters. The zero-order valence-electron chi connectivity index (χ0n) is 8.89. The molecule has 1 fully saturated rings. The predicted molar refractivity (Wildman–Crippen MR) is 55.5 cm³/mol. The molecule has 1 heterocycles. The zero-order valence-corrected chi connectivity index (χ0v) is 8.89. The van der Waals surface area contributed by atoms with E-state index >= 15 is 0 Å². The van der Waals surface area contributed by atoms with E-state index in [-0.39, 0.29) is 0 Å². The average molecular weight is 208 g/mol. The van der Waals surface area contributed by atoms with Crippen molar-refractivity contribution >= 4 is 0 Å². The Hall–Kier alpha value is -1.16. The number of aromatic nitrogens is 2. The summed E-state index contributed by atoms with van der Waals surface area (Å²) in [5.41, 5.74) is 0.636. The fourth-order valence-electron chi connectivity index (χ4n) is 1.56. The van der Waals surface area contributed by atoms with Crippen LogP contribution in [-0.2, 0) is 0 Å². The lowest BCUT2D eigenvalue weighted by Gasteiger charge is -2.08. The van der Waals surface area contributed by atoms with Crippen LogP contribution in [0.3, 0.4) is 0 Å². The number of nitrogens with zero attached hydrogens (tertiary/aromatic N) is 2. The van der Waals surface area contributed by atoms with Gasteiger partial charge in [-0.3, -0.25) is 0 Å². The predicted octanol–water partition coefficient (Wildman–Crippen LogP) is 1.71. The van der Waals surface area contributed by atoms with E-state index in [2.05, 4.69) is 10.2 Å². The molecule has 1 N–H and O–H groups in total. The van der Waals surface area contributed by atoms with Crippen LogP contribution in [0.2, 0.25) is 0 Å². The summed E-state index contributed by atoms with van der Waals surface area (Å²) in [5.74, 6) is 1.32. The molecule has 0 radical (unpaired) electrons. The normalized spacial score (nSPS) is 17.5. The third-order valence-corrected chi connectivity index (χ3v) is 2.76. The van der Waals surface area contributed by atoms with Crippen molar-refractivity contribution in [1.82, 2.24) is 10.2 Å². The fourth-order valence-corrected chi connectivity index (χ4v) is 1.56. The van der Waals surface area contributed by atoms with Crippen LogP contribution in [0.25, 0.3) is 0 Å². The minimum atomic E-state index is -0.482. The summed E-state index contributed by atoms with van der Waals surface area (Å²) in [6.07, 6.45) is 4.03. The van der Waals surface area contributed by atoms with Gasteiger partial charge >= 0.3 is 0 Å². The van der Waals surface area contributed by atoms with Gasteiger partial charge in [-0.05, 0) is 24.8 Å². The van der Waals surface area contributed by atoms with E-state index in [0.29, 0.717) is 11.6 Å². The minimum Gasteiger partial charge on any atom is -0.480 e. The first-order valence-electron chi connectivity index (χ1n) is 5.35. The fraction of sp³-hybridized carbons (Fsp3) is 0.636. The number of ether oxygens (including phenoxy) is 1. The van der Waals surface area contributed by atoms with Gasteiger partial charge in [-0.25, -0.2) is 0 Å². The Labute approximate surface area is 89.3 Å². The average Bonchev–Trinajstić information content (AvgIpc) is 3.10. The molecule has 1 atom stereocenters. The van der Waals surface area contributed by atoms with Crippen molar-refractivity contribution in [3.63, 3.8) is 0 Å². The summed E-state index contributed by atoms with van der Waals surface area (Å²) in [5, 5.41) is 17.6. The largest absolute Gasteiger partial charge is 0.480 e. The van der Waals surface area contributed by atoms with Gasteiger partial charge in [-0.15, -0.1) is 10.2 Å². The number of aliphatic hydroxyl groups excluding tert-OH is 1. The monoisotopic (exact) mass is 208 g/mol. The molecular formula is C11H16N2O2. The van der Waals surface area contributed by atoms with Crippen molar-refractivity contribution in [2.24, 2.45) is 5.92 Å². The van der Waals surface area contributed by atoms with Crippen LogP contribution in [0.5, 0.6) is 5.88 Å². The molecule has 1 saturated carbocycles. The van der Waals surface area contributed by atoms with Gasteiger partial charge in [0.1, 0.15) is 0 Å². The van der Waals surface area contributed by atoms with Crippen molar-refractivity contribution in [1.29, 1.82) is 0 Å². The second kappa shape index (κ2) is 4.57. The lowest BCUT2D eigenvalue weighted by atomic mass is 10.1. The standard InChI is InChI=1S/C11H16N2O2/c1-15-11-7-5-9(12-13-11)10(14)6-4-8-2-3-8/h5,7-8,10,14H,2-4,6H2,1H3. The van der Waals surface area contributed by atoms with Gasteiger partial charge in [0.2, 0.25) is 5.88 Å². The summed E-state index contributed by atoms with van der Waals surface area (Å²) >= 11 is 0. The quantitative estimate of drug-likeness (QED) is 0.800. The minimum absolute atomic E-state index is 0.480. The molecule has 4 heteroatoms. The maximum absolute atomic E-state index is 9.82. The molecule has 1 aromatic rings. The topological polar surface area (TPSA) is 55.2 Å². The van der Waals surface area contributed by atoms with Crippen LogP contribution in [0.15, 0.2) is 12.1 Å². The van der Waals surface area contributed by atoms with E-state index in [1.54, 1.807) is 19.2 Å². The molecule has 1 aliphatic rings. The van der Waals surface area contributed by atoms with E-state index in [1.807, 2.05) is 0 Å². The smallest absolute Gasteiger partial charge is 0.233 e. The Morgan fingerprint density at radius 2 is 2.27 bits per heavy atom. The first-order valence-corrected chi connectivity index (χ1v) is 5.35. The molecule has 0 amide bonds. The van der Waals surface area contributed by atoms with Gasteiger partial charge in [-0.1, -0.05) is 12.8 Å². The lowest BCUT2D eigenvalue weighted by Crippen LogP contribution is -2.03. The molecule has 2 rings (SSSR count). The molecule has 4 nitrogen and oxygen atoms in total. The van der Waals surface area contributed by atoms with Crippen LogP contribution < -0.4 is 4.74 Å². The van der Waals surface area contributed by atoms with Gasteiger partial charge in [0.05, 0.1) is 18.9 Å². The molecule has 0 spiro atoms. The van der Waals surface area contributed by atoms with E-state index in [9.17, 15) is 5.11 Å². The summed E-state index contributed by atoms with van der Waals surface area (Å²) in [7, 11) is 1.55. The summed E-state index contributed by atoms with van der Waals surface area (Å²) < 4.78 is 4.90. The van der Waals surface area contributed by atoms with Crippen LogP contribution >= 0.6 is 0 Å². The van der Waals surface area contributed by atoms with Gasteiger partial charge in [0, 0.05) is 6.07 Å². The molecule has 1 aliphatic carbocycles. The van der Waals surface area contributed by atoms with E-state index in [0.717, 1.165) is 18.8 Å². The van der Waals surface area contributed by atoms with Crippen LogP contribution in [0.1, 0.15) is 37.5 Å². The Balaban J connectivity index is 1.88. The van der Waals surface area contributed by atoms with Gasteiger partial charge in [-0.2, -0.15) is 0 Å². The zero-order chi connectivity index (χ0) is 10.7. The van der Waals surface area contributed by atoms with Crippen molar-refractivity contribution in [2.75, 3.05) is 7.11 Å². The molecule has 0 bridgehead atoms. The maximum Gasteiger partial charge on any atom is 0.233 e. The van der Waals surface area contributed by atoms with Crippen LogP contribution in [-0.4, -0.2) is 22.4 Å². The number of hydrogen-bond donors (Lipinski definition) is 1. The van der Waals surface area contributed by atoms with Gasteiger partial charge < -0.3 is 9.84 Å². The third kappa shape index (κ3) is 2.89. The first kappa shape index (κ1) is 10.4. The number of hydrogen-bond acceptors (Lipinski definition) is 4. The second-order valence-corrected chi connectivity index (χ2v) is 4.04. The molecule has 82 valence electrons. The number of methoxy groups -OCH3 is 1. The summed E-state index contributed by atoms with van der Waals surface area (Å²) in [6.45, 7) is 0. The van der Waals surface area contributed by atoms with Crippen LogP contribution in [0.4, 0.5) is 0 Å². The number of aliphatic hydroxyl groups is 1. The summed E-state index contributed by atoms with van der Waals surface area (Å²) in [6, 6.07) is 3.49. The highest BCUT2D eigenvalue weighted by Gasteiger charge is 2.22. The first-order chi connectivity index (χ1) is 7.29. The Morgan fingerprint density at radius 1 is 1.47 bits per heavy atom. The highest BCUT2D eigenvalue weighted by Crippen LogP contribution is 2.35. The molecule has 0 aromatic carbocycles. The van der Waals surface area contributed by atoms with Crippen molar-refractivity contribution in [3.05, 3.63) is 17.8 Å². The SMILES string of the molecule is COc1ccc(C(O)CCC2CC2)nn1. The van der Waals surface area contributed by atoms with Gasteiger partial charge in [0.15, 0.2) is 0 Å². The second-order valence-electron chi connectivity index (χ2n) is 4.04. The highest BCUT2D eigenvalue weighted by atomic mass is 16.5. The van der Waals surface area contributed by atoms with Crippen LogP contribution in [0, 0.1) is 5.92 Å². The summed E-state index contributed by atoms with van der Waals surface area (Å²) in [4.78, 5) is 0. The molecule has 1 aromatic heterocycles. The Bertz CT molecular complexity index is 309. The van der Waals surface area contributed by atoms with E-state index in [1.165, 1.54) is 12.8 Å². The Morgan fingerprint density at radius 3 is 2.80 bits per heavy atom. The van der Waals surface area contributed by atoms with Crippen molar-refractivity contribution in [2.45, 2.75) is 31.8 Å². The van der Waals surface area contributed by atoms with Crippen molar-refractivity contribution < 1.29 is 9.84 Å².